The first-order valence-electron chi connectivity index (χ1n) is 8.31. The highest BCUT2D eigenvalue weighted by atomic mass is 35.5. The Bertz CT molecular complexity index is 191. The molecule has 0 amide bonds. The standard InChI is InChI=1S/C16H32N2.ClH/c1-2-12-18(13-15-6-4-3-5-7-15)14-16-8-10-17-11-9-16;/h15-17H,2-14H2,1H3;1H. The van der Waals surface area contributed by atoms with Crippen molar-refractivity contribution < 1.29 is 0 Å². The van der Waals surface area contributed by atoms with Crippen molar-refractivity contribution in [3.05, 3.63) is 0 Å². The molecule has 1 N–H and O–H groups in total. The lowest BCUT2D eigenvalue weighted by molar-refractivity contribution is 0.162. The van der Waals surface area contributed by atoms with Gasteiger partial charge >= 0.3 is 0 Å². The van der Waals surface area contributed by atoms with Gasteiger partial charge < -0.3 is 10.2 Å². The summed E-state index contributed by atoms with van der Waals surface area (Å²) in [5.41, 5.74) is 0. The Kier molecular flexibility index (Phi) is 9.10. The summed E-state index contributed by atoms with van der Waals surface area (Å²) in [5, 5.41) is 3.48. The topological polar surface area (TPSA) is 15.3 Å². The van der Waals surface area contributed by atoms with Gasteiger partial charge in [0.25, 0.3) is 0 Å². The van der Waals surface area contributed by atoms with Gasteiger partial charge in [0.15, 0.2) is 0 Å². The number of rotatable bonds is 6. The molecule has 0 aromatic heterocycles. The van der Waals surface area contributed by atoms with Crippen molar-refractivity contribution in [3.8, 4) is 0 Å². The summed E-state index contributed by atoms with van der Waals surface area (Å²) in [6.07, 6.45) is 11.5. The molecule has 1 heterocycles. The molecule has 1 aliphatic heterocycles. The Morgan fingerprint density at radius 2 is 1.47 bits per heavy atom. The van der Waals surface area contributed by atoms with E-state index in [1.807, 2.05) is 0 Å². The van der Waals surface area contributed by atoms with E-state index >= 15 is 0 Å². The quantitative estimate of drug-likeness (QED) is 0.802. The predicted octanol–water partition coefficient (Wildman–Crippen LogP) is 3.70. The normalized spacial score (nSPS) is 22.4. The van der Waals surface area contributed by atoms with Gasteiger partial charge in [0.1, 0.15) is 0 Å². The first kappa shape index (κ1) is 17.3. The SMILES string of the molecule is CCCN(CC1CCCCC1)CC1CCNCC1.Cl. The van der Waals surface area contributed by atoms with Crippen LogP contribution >= 0.6 is 12.4 Å². The van der Waals surface area contributed by atoms with E-state index in [1.54, 1.807) is 0 Å². The average Bonchev–Trinajstić information content (AvgIpc) is 2.41. The van der Waals surface area contributed by atoms with Crippen LogP contribution in [0, 0.1) is 11.8 Å². The molecular weight excluding hydrogens is 256 g/mol. The summed E-state index contributed by atoms with van der Waals surface area (Å²) >= 11 is 0. The van der Waals surface area contributed by atoms with E-state index in [9.17, 15) is 0 Å². The molecule has 1 aliphatic carbocycles. The van der Waals surface area contributed by atoms with Gasteiger partial charge in [0.2, 0.25) is 0 Å². The molecule has 0 aromatic rings. The maximum absolute atomic E-state index is 3.48. The maximum atomic E-state index is 3.48. The third-order valence-electron chi connectivity index (χ3n) is 4.76. The van der Waals surface area contributed by atoms with E-state index in [-0.39, 0.29) is 12.4 Å². The molecule has 1 saturated heterocycles. The fraction of sp³-hybridized carbons (Fsp3) is 1.00. The van der Waals surface area contributed by atoms with Crippen LogP contribution in [0.15, 0.2) is 0 Å². The lowest BCUT2D eigenvalue weighted by Crippen LogP contribution is -2.39. The fourth-order valence-electron chi connectivity index (χ4n) is 3.74. The van der Waals surface area contributed by atoms with Crippen LogP contribution < -0.4 is 5.32 Å². The molecule has 19 heavy (non-hydrogen) atoms. The minimum absolute atomic E-state index is 0. The molecule has 0 spiro atoms. The van der Waals surface area contributed by atoms with E-state index in [2.05, 4.69) is 17.1 Å². The predicted molar refractivity (Wildman–Crippen MR) is 86.1 cm³/mol. The lowest BCUT2D eigenvalue weighted by Gasteiger charge is -2.33. The first-order chi connectivity index (χ1) is 8.88. The zero-order valence-corrected chi connectivity index (χ0v) is 13.5. The molecule has 0 aromatic carbocycles. The molecule has 2 fully saturated rings. The fourth-order valence-corrected chi connectivity index (χ4v) is 3.74. The van der Waals surface area contributed by atoms with Crippen molar-refractivity contribution in [3.63, 3.8) is 0 Å². The van der Waals surface area contributed by atoms with Crippen LogP contribution in [-0.2, 0) is 0 Å². The second-order valence-corrected chi connectivity index (χ2v) is 6.46. The molecule has 2 aliphatic rings. The van der Waals surface area contributed by atoms with Crippen molar-refractivity contribution >= 4 is 12.4 Å². The second-order valence-electron chi connectivity index (χ2n) is 6.46. The van der Waals surface area contributed by atoms with Gasteiger partial charge in [-0.3, -0.25) is 0 Å². The molecule has 114 valence electrons. The van der Waals surface area contributed by atoms with E-state index in [0.29, 0.717) is 0 Å². The molecule has 3 heteroatoms. The lowest BCUT2D eigenvalue weighted by atomic mass is 9.88. The van der Waals surface area contributed by atoms with Gasteiger partial charge in [-0.15, -0.1) is 12.4 Å². The Morgan fingerprint density at radius 3 is 2.05 bits per heavy atom. The van der Waals surface area contributed by atoms with Crippen LogP contribution in [-0.4, -0.2) is 37.6 Å². The second kappa shape index (κ2) is 10.0. The third kappa shape index (κ3) is 6.46. The van der Waals surface area contributed by atoms with Crippen LogP contribution in [0.3, 0.4) is 0 Å². The Balaban J connectivity index is 0.00000180. The molecule has 2 nitrogen and oxygen atoms in total. The summed E-state index contributed by atoms with van der Waals surface area (Å²) in [7, 11) is 0. The maximum Gasteiger partial charge on any atom is 0.00107 e. The monoisotopic (exact) mass is 288 g/mol. The Morgan fingerprint density at radius 1 is 0.895 bits per heavy atom. The van der Waals surface area contributed by atoms with Gasteiger partial charge in [-0.05, 0) is 63.6 Å². The van der Waals surface area contributed by atoms with Crippen molar-refractivity contribution in [1.29, 1.82) is 0 Å². The van der Waals surface area contributed by atoms with Crippen molar-refractivity contribution in [2.24, 2.45) is 11.8 Å². The van der Waals surface area contributed by atoms with Crippen molar-refractivity contribution in [2.75, 3.05) is 32.7 Å². The molecule has 0 unspecified atom stereocenters. The Hall–Kier alpha value is 0.210. The average molecular weight is 289 g/mol. The number of hydrogen-bond acceptors (Lipinski definition) is 2. The van der Waals surface area contributed by atoms with E-state index in [1.165, 1.54) is 84.1 Å². The van der Waals surface area contributed by atoms with Gasteiger partial charge in [-0.1, -0.05) is 26.2 Å². The molecule has 0 bridgehead atoms. The van der Waals surface area contributed by atoms with Gasteiger partial charge in [0.05, 0.1) is 0 Å². The first-order valence-corrected chi connectivity index (χ1v) is 8.31. The summed E-state index contributed by atoms with van der Waals surface area (Å²) in [4.78, 5) is 2.78. The van der Waals surface area contributed by atoms with Gasteiger partial charge in [-0.2, -0.15) is 0 Å². The molecule has 2 rings (SSSR count). The van der Waals surface area contributed by atoms with Gasteiger partial charge in [-0.25, -0.2) is 0 Å². The van der Waals surface area contributed by atoms with Crippen molar-refractivity contribution in [1.82, 2.24) is 10.2 Å². The summed E-state index contributed by atoms with van der Waals surface area (Å²) in [6.45, 7) is 8.89. The van der Waals surface area contributed by atoms with Crippen molar-refractivity contribution in [2.45, 2.75) is 58.3 Å². The highest BCUT2D eigenvalue weighted by Crippen LogP contribution is 2.25. The van der Waals surface area contributed by atoms with E-state index in [0.717, 1.165) is 11.8 Å². The highest BCUT2D eigenvalue weighted by Gasteiger charge is 2.20. The highest BCUT2D eigenvalue weighted by molar-refractivity contribution is 5.85. The van der Waals surface area contributed by atoms with Crippen LogP contribution in [0.25, 0.3) is 0 Å². The van der Waals surface area contributed by atoms with Crippen LogP contribution in [0.4, 0.5) is 0 Å². The number of hydrogen-bond donors (Lipinski definition) is 1. The number of halogens is 1. The molecule has 0 atom stereocenters. The largest absolute Gasteiger partial charge is 0.317 e. The van der Waals surface area contributed by atoms with Gasteiger partial charge in [0, 0.05) is 13.1 Å². The van der Waals surface area contributed by atoms with E-state index < -0.39 is 0 Å². The zero-order chi connectivity index (χ0) is 12.6. The Labute approximate surface area is 126 Å². The minimum atomic E-state index is 0. The number of nitrogens with zero attached hydrogens (tertiary/aromatic N) is 1. The van der Waals surface area contributed by atoms with Crippen LogP contribution in [0.1, 0.15) is 58.3 Å². The van der Waals surface area contributed by atoms with E-state index in [4.69, 9.17) is 0 Å². The smallest absolute Gasteiger partial charge is 0.00107 e. The number of nitrogens with one attached hydrogen (secondary N) is 1. The number of piperidine rings is 1. The minimum Gasteiger partial charge on any atom is -0.317 e. The summed E-state index contributed by atoms with van der Waals surface area (Å²) in [5.74, 6) is 1.97. The molecule has 0 radical (unpaired) electrons. The molecular formula is C16H33ClN2. The summed E-state index contributed by atoms with van der Waals surface area (Å²) in [6, 6.07) is 0. The van der Waals surface area contributed by atoms with Crippen LogP contribution in [0.2, 0.25) is 0 Å². The molecule has 1 saturated carbocycles. The third-order valence-corrected chi connectivity index (χ3v) is 4.76. The van der Waals surface area contributed by atoms with Crippen LogP contribution in [0.5, 0.6) is 0 Å². The summed E-state index contributed by atoms with van der Waals surface area (Å²) < 4.78 is 0. The zero-order valence-electron chi connectivity index (χ0n) is 12.7.